The first kappa shape index (κ1) is 16.5. The number of hydrogen-bond acceptors (Lipinski definition) is 4. The van der Waals surface area contributed by atoms with E-state index in [2.05, 4.69) is 10.1 Å². The van der Waals surface area contributed by atoms with E-state index in [1.807, 2.05) is 13.8 Å². The minimum absolute atomic E-state index is 0.00426. The van der Waals surface area contributed by atoms with Crippen molar-refractivity contribution < 1.29 is 23.4 Å². The molecule has 6 heteroatoms. The van der Waals surface area contributed by atoms with Crippen LogP contribution in [0.15, 0.2) is 18.2 Å². The third-order valence-corrected chi connectivity index (χ3v) is 2.83. The molecular weight excluding hydrogens is 268 g/mol. The van der Waals surface area contributed by atoms with E-state index >= 15 is 0 Å². The number of aliphatic hydroxyl groups excluding tert-OH is 1. The summed E-state index contributed by atoms with van der Waals surface area (Å²) in [5.41, 5.74) is 0.200. The Bertz CT molecular complexity index is 466. The normalized spacial score (nSPS) is 14.2. The van der Waals surface area contributed by atoms with Gasteiger partial charge in [-0.3, -0.25) is 4.79 Å². The molecule has 1 aromatic rings. The van der Waals surface area contributed by atoms with Gasteiger partial charge in [0.25, 0.3) is 0 Å². The number of aliphatic hydroxyl groups is 1. The molecule has 0 amide bonds. The van der Waals surface area contributed by atoms with Crippen LogP contribution in [0.1, 0.15) is 31.9 Å². The summed E-state index contributed by atoms with van der Waals surface area (Å²) in [6, 6.07) is 2.51. The number of esters is 1. The molecule has 0 bridgehead atoms. The van der Waals surface area contributed by atoms with Crippen molar-refractivity contribution in [2.75, 3.05) is 7.11 Å². The van der Waals surface area contributed by atoms with Gasteiger partial charge in [0.2, 0.25) is 0 Å². The van der Waals surface area contributed by atoms with Gasteiger partial charge in [0.15, 0.2) is 11.6 Å². The fourth-order valence-corrected chi connectivity index (χ4v) is 1.88. The highest BCUT2D eigenvalue weighted by molar-refractivity contribution is 5.70. The number of ether oxygens (including phenoxy) is 1. The van der Waals surface area contributed by atoms with E-state index in [1.54, 1.807) is 0 Å². The summed E-state index contributed by atoms with van der Waals surface area (Å²) in [4.78, 5) is 11.4. The molecule has 1 aromatic carbocycles. The molecule has 4 nitrogen and oxygen atoms in total. The van der Waals surface area contributed by atoms with E-state index in [4.69, 9.17) is 0 Å². The Kier molecular flexibility index (Phi) is 6.04. The van der Waals surface area contributed by atoms with Crippen LogP contribution < -0.4 is 5.32 Å². The average molecular weight is 287 g/mol. The van der Waals surface area contributed by atoms with Crippen molar-refractivity contribution in [1.82, 2.24) is 5.32 Å². The summed E-state index contributed by atoms with van der Waals surface area (Å²) in [6.07, 6.45) is -1.22. The maximum Gasteiger partial charge on any atom is 0.307 e. The molecule has 2 N–H and O–H groups in total. The fraction of sp³-hybridized carbons (Fsp3) is 0.500. The second-order valence-electron chi connectivity index (χ2n) is 4.83. The van der Waals surface area contributed by atoms with Crippen molar-refractivity contribution in [3.8, 4) is 0 Å². The highest BCUT2D eigenvalue weighted by atomic mass is 19.2. The molecule has 0 spiro atoms. The summed E-state index contributed by atoms with van der Waals surface area (Å²) in [5.74, 6) is -2.52. The third-order valence-electron chi connectivity index (χ3n) is 2.83. The van der Waals surface area contributed by atoms with Crippen molar-refractivity contribution >= 4 is 5.97 Å². The third kappa shape index (κ3) is 4.54. The zero-order valence-corrected chi connectivity index (χ0v) is 11.7. The Hall–Kier alpha value is -1.53. The van der Waals surface area contributed by atoms with Crippen molar-refractivity contribution in [1.29, 1.82) is 0 Å². The van der Waals surface area contributed by atoms with Crippen LogP contribution in [0.25, 0.3) is 0 Å². The Balaban J connectivity index is 2.93. The molecule has 20 heavy (non-hydrogen) atoms. The molecule has 2 unspecified atom stereocenters. The topological polar surface area (TPSA) is 58.6 Å². The Morgan fingerprint density at radius 2 is 2.00 bits per heavy atom. The number of benzene rings is 1. The first-order chi connectivity index (χ1) is 9.35. The van der Waals surface area contributed by atoms with Crippen LogP contribution in [0.5, 0.6) is 0 Å². The van der Waals surface area contributed by atoms with Crippen molar-refractivity contribution in [2.24, 2.45) is 0 Å². The lowest BCUT2D eigenvalue weighted by Gasteiger charge is -2.25. The zero-order chi connectivity index (χ0) is 15.3. The quantitative estimate of drug-likeness (QED) is 0.785. The van der Waals surface area contributed by atoms with Crippen LogP contribution in [0.2, 0.25) is 0 Å². The largest absolute Gasteiger partial charge is 0.469 e. The van der Waals surface area contributed by atoms with Crippen LogP contribution in [-0.4, -0.2) is 30.3 Å². The number of nitrogens with one attached hydrogen (secondary N) is 1. The fourth-order valence-electron chi connectivity index (χ4n) is 1.88. The van der Waals surface area contributed by atoms with Gasteiger partial charge >= 0.3 is 5.97 Å². The van der Waals surface area contributed by atoms with Gasteiger partial charge in [-0.1, -0.05) is 19.9 Å². The minimum Gasteiger partial charge on any atom is -0.469 e. The average Bonchev–Trinajstić information content (AvgIpc) is 2.39. The molecule has 0 heterocycles. The van der Waals surface area contributed by atoms with Gasteiger partial charge in [0.05, 0.1) is 19.6 Å². The number of carbonyl (C=O) groups is 1. The first-order valence-corrected chi connectivity index (χ1v) is 6.31. The molecule has 0 saturated carbocycles. The van der Waals surface area contributed by atoms with Crippen molar-refractivity contribution in [3.05, 3.63) is 35.4 Å². The molecule has 0 saturated heterocycles. The summed E-state index contributed by atoms with van der Waals surface area (Å²) in [7, 11) is 1.25. The second kappa shape index (κ2) is 7.31. The highest BCUT2D eigenvalue weighted by Gasteiger charge is 2.25. The van der Waals surface area contributed by atoms with E-state index in [0.717, 1.165) is 12.1 Å². The van der Waals surface area contributed by atoms with Crippen LogP contribution in [0.3, 0.4) is 0 Å². The van der Waals surface area contributed by atoms with Crippen LogP contribution in [0.4, 0.5) is 8.78 Å². The van der Waals surface area contributed by atoms with Gasteiger partial charge in [-0.2, -0.15) is 0 Å². The maximum absolute atomic E-state index is 13.2. The van der Waals surface area contributed by atoms with E-state index in [9.17, 15) is 18.7 Å². The summed E-state index contributed by atoms with van der Waals surface area (Å²) < 4.78 is 30.7. The SMILES string of the molecule is COC(=O)CC(NC(C)C)C(O)c1ccc(F)c(F)c1. The van der Waals surface area contributed by atoms with Gasteiger partial charge in [0.1, 0.15) is 0 Å². The number of methoxy groups -OCH3 is 1. The summed E-state index contributed by atoms with van der Waals surface area (Å²) in [5, 5.41) is 13.2. The molecule has 2 atom stereocenters. The summed E-state index contributed by atoms with van der Waals surface area (Å²) >= 11 is 0. The molecule has 0 fully saturated rings. The van der Waals surface area contributed by atoms with Crippen molar-refractivity contribution in [2.45, 2.75) is 38.5 Å². The zero-order valence-electron chi connectivity index (χ0n) is 11.7. The van der Waals surface area contributed by atoms with Gasteiger partial charge in [0, 0.05) is 12.1 Å². The van der Waals surface area contributed by atoms with E-state index < -0.39 is 29.7 Å². The lowest BCUT2D eigenvalue weighted by molar-refractivity contribution is -0.142. The Labute approximate surface area is 116 Å². The molecule has 0 radical (unpaired) electrons. The smallest absolute Gasteiger partial charge is 0.307 e. The van der Waals surface area contributed by atoms with Crippen LogP contribution >= 0.6 is 0 Å². The standard InChI is InChI=1S/C14H19F2NO3/c1-8(2)17-12(7-13(18)20-3)14(19)9-4-5-10(15)11(16)6-9/h4-6,8,12,14,17,19H,7H2,1-3H3. The van der Waals surface area contributed by atoms with Gasteiger partial charge in [-0.25, -0.2) is 8.78 Å². The van der Waals surface area contributed by atoms with Gasteiger partial charge < -0.3 is 15.2 Å². The predicted octanol–water partition coefficient (Wildman–Crippen LogP) is 1.93. The van der Waals surface area contributed by atoms with E-state index in [1.165, 1.54) is 13.2 Å². The number of hydrogen-bond donors (Lipinski definition) is 2. The van der Waals surface area contributed by atoms with E-state index in [-0.39, 0.29) is 18.0 Å². The number of carbonyl (C=O) groups excluding carboxylic acids is 1. The number of halogens is 2. The molecule has 0 aliphatic heterocycles. The monoisotopic (exact) mass is 287 g/mol. The Morgan fingerprint density at radius 3 is 2.50 bits per heavy atom. The predicted molar refractivity (Wildman–Crippen MR) is 70.0 cm³/mol. The van der Waals surface area contributed by atoms with Gasteiger partial charge in [-0.15, -0.1) is 0 Å². The lowest BCUT2D eigenvalue weighted by atomic mass is 9.98. The van der Waals surface area contributed by atoms with Gasteiger partial charge in [-0.05, 0) is 17.7 Å². The molecule has 1 rings (SSSR count). The molecular formula is C14H19F2NO3. The highest BCUT2D eigenvalue weighted by Crippen LogP contribution is 2.22. The number of rotatable bonds is 6. The van der Waals surface area contributed by atoms with E-state index in [0.29, 0.717) is 0 Å². The lowest BCUT2D eigenvalue weighted by Crippen LogP contribution is -2.41. The maximum atomic E-state index is 13.2. The molecule has 112 valence electrons. The molecule has 0 aliphatic carbocycles. The minimum atomic E-state index is -1.15. The van der Waals surface area contributed by atoms with Crippen molar-refractivity contribution in [3.63, 3.8) is 0 Å². The van der Waals surface area contributed by atoms with Crippen LogP contribution in [-0.2, 0) is 9.53 Å². The Morgan fingerprint density at radius 1 is 1.35 bits per heavy atom. The van der Waals surface area contributed by atoms with Crippen LogP contribution in [0, 0.1) is 11.6 Å². The first-order valence-electron chi connectivity index (χ1n) is 6.31. The molecule has 0 aromatic heterocycles. The summed E-state index contributed by atoms with van der Waals surface area (Å²) in [6.45, 7) is 3.70. The molecule has 0 aliphatic rings. The second-order valence-corrected chi connectivity index (χ2v) is 4.83.